The molecule has 2 N–H and O–H groups in total. The summed E-state index contributed by atoms with van der Waals surface area (Å²) in [6.07, 6.45) is 3.12. The van der Waals surface area contributed by atoms with Crippen molar-refractivity contribution >= 4 is 11.5 Å². The van der Waals surface area contributed by atoms with Gasteiger partial charge in [-0.1, -0.05) is 0 Å². The van der Waals surface area contributed by atoms with E-state index in [0.717, 1.165) is 36.6 Å². The van der Waals surface area contributed by atoms with Gasteiger partial charge in [-0.25, -0.2) is 4.98 Å². The fourth-order valence-corrected chi connectivity index (χ4v) is 2.03. The predicted octanol–water partition coefficient (Wildman–Crippen LogP) is 1.20. The van der Waals surface area contributed by atoms with E-state index in [9.17, 15) is 0 Å². The van der Waals surface area contributed by atoms with Crippen LogP contribution in [-0.2, 0) is 4.74 Å². The molecule has 1 saturated heterocycles. The van der Waals surface area contributed by atoms with Crippen LogP contribution in [0.15, 0.2) is 12.3 Å². The lowest BCUT2D eigenvalue weighted by Crippen LogP contribution is -2.23. The number of aromatic nitrogens is 1. The van der Waals surface area contributed by atoms with Gasteiger partial charge in [-0.3, -0.25) is 0 Å². The number of anilines is 2. The highest BCUT2D eigenvalue weighted by Crippen LogP contribution is 2.23. The second-order valence-corrected chi connectivity index (χ2v) is 4.00. The molecule has 0 aromatic carbocycles. The largest absolute Gasteiger partial charge is 0.397 e. The van der Waals surface area contributed by atoms with Gasteiger partial charge in [-0.2, -0.15) is 0 Å². The van der Waals surface area contributed by atoms with Crippen LogP contribution in [0, 0.1) is 6.92 Å². The minimum Gasteiger partial charge on any atom is -0.397 e. The van der Waals surface area contributed by atoms with Crippen LogP contribution in [-0.4, -0.2) is 31.3 Å². The maximum atomic E-state index is 5.67. The van der Waals surface area contributed by atoms with E-state index in [4.69, 9.17) is 10.5 Å². The zero-order chi connectivity index (χ0) is 10.8. The highest BCUT2D eigenvalue weighted by molar-refractivity contribution is 5.53. The zero-order valence-electron chi connectivity index (χ0n) is 9.23. The summed E-state index contributed by atoms with van der Waals surface area (Å²) < 4.78 is 5.33. The van der Waals surface area contributed by atoms with Gasteiger partial charge in [0.15, 0.2) is 0 Å². The van der Waals surface area contributed by atoms with Crippen molar-refractivity contribution in [2.24, 2.45) is 0 Å². The number of nitrogens with zero attached hydrogens (tertiary/aromatic N) is 2. The highest BCUT2D eigenvalue weighted by atomic mass is 16.5. The molecule has 1 unspecified atom stereocenters. The van der Waals surface area contributed by atoms with Gasteiger partial charge in [0.1, 0.15) is 5.82 Å². The van der Waals surface area contributed by atoms with Crippen molar-refractivity contribution in [3.63, 3.8) is 0 Å². The zero-order valence-corrected chi connectivity index (χ0v) is 9.23. The highest BCUT2D eigenvalue weighted by Gasteiger charge is 2.23. The first-order valence-electron chi connectivity index (χ1n) is 5.20. The van der Waals surface area contributed by atoms with E-state index in [2.05, 4.69) is 9.88 Å². The Balaban J connectivity index is 2.17. The first-order valence-corrected chi connectivity index (χ1v) is 5.20. The summed E-state index contributed by atoms with van der Waals surface area (Å²) in [6, 6.07) is 1.96. The standard InChI is InChI=1S/C11H17N3O/c1-8-5-9(12)6-13-11(8)14-4-3-10(7-14)15-2/h5-6,10H,3-4,7,12H2,1-2H3. The van der Waals surface area contributed by atoms with Crippen LogP contribution < -0.4 is 10.6 Å². The topological polar surface area (TPSA) is 51.4 Å². The quantitative estimate of drug-likeness (QED) is 0.791. The van der Waals surface area contributed by atoms with Crippen molar-refractivity contribution in [1.29, 1.82) is 0 Å². The lowest BCUT2D eigenvalue weighted by Gasteiger charge is -2.19. The van der Waals surface area contributed by atoms with Gasteiger partial charge >= 0.3 is 0 Å². The van der Waals surface area contributed by atoms with Crippen LogP contribution in [0.2, 0.25) is 0 Å². The number of hydrogen-bond acceptors (Lipinski definition) is 4. The van der Waals surface area contributed by atoms with Gasteiger partial charge < -0.3 is 15.4 Å². The smallest absolute Gasteiger partial charge is 0.131 e. The molecule has 1 aliphatic heterocycles. The van der Waals surface area contributed by atoms with Crippen molar-refractivity contribution < 1.29 is 4.74 Å². The summed E-state index contributed by atoms with van der Waals surface area (Å²) in [5.74, 6) is 1.03. The molecule has 4 nitrogen and oxygen atoms in total. The Bertz CT molecular complexity index is 354. The van der Waals surface area contributed by atoms with Crippen molar-refractivity contribution in [3.05, 3.63) is 17.8 Å². The Kier molecular flexibility index (Phi) is 2.77. The summed E-state index contributed by atoms with van der Waals surface area (Å²) in [4.78, 5) is 6.63. The Labute approximate surface area is 90.0 Å². The minimum absolute atomic E-state index is 0.337. The van der Waals surface area contributed by atoms with Crippen molar-refractivity contribution in [3.8, 4) is 0 Å². The van der Waals surface area contributed by atoms with Crippen LogP contribution in [0.25, 0.3) is 0 Å². The summed E-state index contributed by atoms with van der Waals surface area (Å²) in [5.41, 5.74) is 7.53. The van der Waals surface area contributed by atoms with Crippen LogP contribution in [0.3, 0.4) is 0 Å². The molecule has 0 bridgehead atoms. The lowest BCUT2D eigenvalue weighted by atomic mass is 10.2. The molecule has 82 valence electrons. The summed E-state index contributed by atoms with van der Waals surface area (Å²) in [5, 5.41) is 0. The second-order valence-electron chi connectivity index (χ2n) is 4.00. The third-order valence-corrected chi connectivity index (χ3v) is 2.85. The van der Waals surface area contributed by atoms with E-state index in [1.165, 1.54) is 0 Å². The Morgan fingerprint density at radius 1 is 1.60 bits per heavy atom. The number of pyridine rings is 1. The normalized spacial score (nSPS) is 20.9. The molecule has 0 saturated carbocycles. The van der Waals surface area contributed by atoms with Crippen LogP contribution >= 0.6 is 0 Å². The molecule has 1 atom stereocenters. The van der Waals surface area contributed by atoms with Crippen LogP contribution in [0.1, 0.15) is 12.0 Å². The summed E-state index contributed by atoms with van der Waals surface area (Å²) in [7, 11) is 1.76. The summed E-state index contributed by atoms with van der Waals surface area (Å²) >= 11 is 0. The van der Waals surface area contributed by atoms with Gasteiger partial charge in [0.25, 0.3) is 0 Å². The third kappa shape index (κ3) is 2.04. The monoisotopic (exact) mass is 207 g/mol. The van der Waals surface area contributed by atoms with Gasteiger partial charge in [0, 0.05) is 20.2 Å². The number of ether oxygens (including phenoxy) is 1. The molecule has 0 spiro atoms. The second kappa shape index (κ2) is 4.06. The summed E-state index contributed by atoms with van der Waals surface area (Å²) in [6.45, 7) is 3.98. The Hall–Kier alpha value is -1.29. The maximum Gasteiger partial charge on any atom is 0.131 e. The Morgan fingerprint density at radius 2 is 2.40 bits per heavy atom. The fraction of sp³-hybridized carbons (Fsp3) is 0.545. The molecule has 4 heteroatoms. The molecule has 0 amide bonds. The van der Waals surface area contributed by atoms with E-state index >= 15 is 0 Å². The first kappa shape index (κ1) is 10.2. The first-order chi connectivity index (χ1) is 7.20. The molecule has 1 fully saturated rings. The van der Waals surface area contributed by atoms with Gasteiger partial charge in [-0.15, -0.1) is 0 Å². The van der Waals surface area contributed by atoms with E-state index < -0.39 is 0 Å². The SMILES string of the molecule is COC1CCN(c2ncc(N)cc2C)C1. The van der Waals surface area contributed by atoms with Crippen molar-refractivity contribution in [1.82, 2.24) is 4.98 Å². The average molecular weight is 207 g/mol. The van der Waals surface area contributed by atoms with Gasteiger partial charge in [-0.05, 0) is 25.0 Å². The Morgan fingerprint density at radius 3 is 3.00 bits per heavy atom. The van der Waals surface area contributed by atoms with Crippen molar-refractivity contribution in [2.45, 2.75) is 19.4 Å². The van der Waals surface area contributed by atoms with Gasteiger partial charge in [0.05, 0.1) is 18.0 Å². The van der Waals surface area contributed by atoms with E-state index in [1.54, 1.807) is 13.3 Å². The number of nitrogens with two attached hydrogens (primary N) is 1. The minimum atomic E-state index is 0.337. The number of methoxy groups -OCH3 is 1. The molecule has 0 aliphatic carbocycles. The van der Waals surface area contributed by atoms with Gasteiger partial charge in [0.2, 0.25) is 0 Å². The average Bonchev–Trinajstić information content (AvgIpc) is 2.66. The number of nitrogen functional groups attached to an aromatic ring is 1. The van der Waals surface area contributed by atoms with Crippen LogP contribution in [0.4, 0.5) is 11.5 Å². The molecule has 2 rings (SSSR count). The predicted molar refractivity (Wildman–Crippen MR) is 61.0 cm³/mol. The fourth-order valence-electron chi connectivity index (χ4n) is 2.03. The molecule has 1 aromatic rings. The van der Waals surface area contributed by atoms with Crippen molar-refractivity contribution in [2.75, 3.05) is 30.8 Å². The molecule has 0 radical (unpaired) electrons. The van der Waals surface area contributed by atoms with Crippen LogP contribution in [0.5, 0.6) is 0 Å². The molecule has 1 aliphatic rings. The van der Waals surface area contributed by atoms with E-state index in [0.29, 0.717) is 6.10 Å². The number of aryl methyl sites for hydroxylation is 1. The molecular formula is C11H17N3O. The third-order valence-electron chi connectivity index (χ3n) is 2.85. The lowest BCUT2D eigenvalue weighted by molar-refractivity contribution is 0.121. The molecular weight excluding hydrogens is 190 g/mol. The molecule has 2 heterocycles. The number of rotatable bonds is 2. The molecule has 1 aromatic heterocycles. The molecule has 15 heavy (non-hydrogen) atoms. The maximum absolute atomic E-state index is 5.67. The van der Waals surface area contributed by atoms with E-state index in [1.807, 2.05) is 13.0 Å². The number of hydrogen-bond donors (Lipinski definition) is 1. The van der Waals surface area contributed by atoms with E-state index in [-0.39, 0.29) is 0 Å².